The molecule has 1 aliphatic rings. The second-order valence-corrected chi connectivity index (χ2v) is 7.38. The van der Waals surface area contributed by atoms with Crippen LogP contribution in [0.5, 0.6) is 0 Å². The number of halogens is 1. The van der Waals surface area contributed by atoms with E-state index < -0.39 is 0 Å². The first-order valence-electron chi connectivity index (χ1n) is 7.19. The summed E-state index contributed by atoms with van der Waals surface area (Å²) in [5, 5.41) is 0. The van der Waals surface area contributed by atoms with E-state index in [0.29, 0.717) is 10.2 Å². The monoisotopic (exact) mass is 320 g/mol. The Balaban J connectivity index is 1.96. The van der Waals surface area contributed by atoms with Crippen molar-refractivity contribution in [1.29, 1.82) is 0 Å². The summed E-state index contributed by atoms with van der Waals surface area (Å²) in [4.78, 5) is 5.56. The van der Waals surface area contributed by atoms with Crippen LogP contribution in [0.25, 0.3) is 11.0 Å². The van der Waals surface area contributed by atoms with Crippen molar-refractivity contribution in [1.82, 2.24) is 9.55 Å². The minimum atomic E-state index is 0.405. The smallest absolute Gasteiger partial charge is 0.110 e. The molecule has 1 saturated carbocycles. The van der Waals surface area contributed by atoms with E-state index in [1.165, 1.54) is 30.6 Å². The molecule has 102 valence electrons. The Kier molecular flexibility index (Phi) is 3.42. The number of rotatable bonds is 3. The van der Waals surface area contributed by atoms with Crippen LogP contribution in [0.3, 0.4) is 0 Å². The lowest BCUT2D eigenvalue weighted by molar-refractivity contribution is 0.324. The summed E-state index contributed by atoms with van der Waals surface area (Å²) in [7, 11) is 0. The average molecular weight is 321 g/mol. The lowest BCUT2D eigenvalue weighted by atomic mass is 9.85. The number of nitrogens with zero attached hydrogens (tertiary/aromatic N) is 2. The van der Waals surface area contributed by atoms with Crippen LogP contribution in [0.15, 0.2) is 24.3 Å². The van der Waals surface area contributed by atoms with Gasteiger partial charge < -0.3 is 4.57 Å². The van der Waals surface area contributed by atoms with Gasteiger partial charge in [-0.15, -0.1) is 0 Å². The molecule has 3 rings (SSSR count). The van der Waals surface area contributed by atoms with Gasteiger partial charge in [-0.3, -0.25) is 0 Å². The van der Waals surface area contributed by atoms with Gasteiger partial charge in [-0.1, -0.05) is 35.0 Å². The van der Waals surface area contributed by atoms with Crippen LogP contribution >= 0.6 is 15.9 Å². The molecule has 1 aromatic carbocycles. The normalized spacial score (nSPS) is 27.2. The molecule has 3 heteroatoms. The third kappa shape index (κ3) is 2.45. The van der Waals surface area contributed by atoms with Crippen LogP contribution < -0.4 is 0 Å². The van der Waals surface area contributed by atoms with E-state index in [1.807, 2.05) is 0 Å². The first kappa shape index (κ1) is 13.2. The van der Waals surface area contributed by atoms with E-state index in [2.05, 4.69) is 58.6 Å². The lowest BCUT2D eigenvalue weighted by Gasteiger charge is -2.23. The largest absolute Gasteiger partial charge is 0.328 e. The average Bonchev–Trinajstić information content (AvgIpc) is 2.89. The molecule has 1 aliphatic carbocycles. The van der Waals surface area contributed by atoms with Crippen LogP contribution in [0, 0.1) is 5.41 Å². The fraction of sp³-hybridized carbons (Fsp3) is 0.562. The molecule has 19 heavy (non-hydrogen) atoms. The molecule has 0 N–H and O–H groups in total. The fourth-order valence-corrected chi connectivity index (χ4v) is 4.41. The summed E-state index contributed by atoms with van der Waals surface area (Å²) >= 11 is 3.77. The molecule has 2 unspecified atom stereocenters. The van der Waals surface area contributed by atoms with Crippen LogP contribution in [0.2, 0.25) is 0 Å². The zero-order valence-electron chi connectivity index (χ0n) is 11.7. The standard InChI is InChI=1S/C16H21BrN2/c1-3-19-14-7-5-4-6-13(14)18-15(19)11-16(2)9-8-12(17)10-16/h4-7,12H,3,8-11H2,1-2H3. The second kappa shape index (κ2) is 4.93. The quantitative estimate of drug-likeness (QED) is 0.758. The van der Waals surface area contributed by atoms with Gasteiger partial charge in [0.15, 0.2) is 0 Å². The number of imidazole rings is 1. The molecule has 0 spiro atoms. The topological polar surface area (TPSA) is 17.8 Å². The van der Waals surface area contributed by atoms with E-state index in [4.69, 9.17) is 4.98 Å². The van der Waals surface area contributed by atoms with Gasteiger partial charge in [-0.25, -0.2) is 4.98 Å². The molecule has 2 nitrogen and oxygen atoms in total. The minimum Gasteiger partial charge on any atom is -0.328 e. The van der Waals surface area contributed by atoms with Gasteiger partial charge in [-0.2, -0.15) is 0 Å². The molecule has 1 aromatic heterocycles. The maximum absolute atomic E-state index is 4.86. The number of hydrogen-bond acceptors (Lipinski definition) is 1. The van der Waals surface area contributed by atoms with Gasteiger partial charge in [-0.05, 0) is 43.7 Å². The minimum absolute atomic E-state index is 0.405. The lowest BCUT2D eigenvalue weighted by Crippen LogP contribution is -2.18. The number of aryl methyl sites for hydroxylation is 1. The summed E-state index contributed by atoms with van der Waals surface area (Å²) in [5.74, 6) is 1.26. The fourth-order valence-electron chi connectivity index (χ4n) is 3.40. The zero-order chi connectivity index (χ0) is 13.5. The molecule has 2 atom stereocenters. The molecular weight excluding hydrogens is 300 g/mol. The molecule has 0 saturated heterocycles. The molecule has 0 amide bonds. The van der Waals surface area contributed by atoms with Gasteiger partial charge in [0.2, 0.25) is 0 Å². The van der Waals surface area contributed by atoms with E-state index in [0.717, 1.165) is 18.5 Å². The predicted octanol–water partition coefficient (Wildman–Crippen LogP) is 4.55. The van der Waals surface area contributed by atoms with Gasteiger partial charge in [0.25, 0.3) is 0 Å². The van der Waals surface area contributed by atoms with Gasteiger partial charge in [0, 0.05) is 17.8 Å². The van der Waals surface area contributed by atoms with E-state index in [1.54, 1.807) is 0 Å². The highest BCUT2D eigenvalue weighted by molar-refractivity contribution is 9.09. The van der Waals surface area contributed by atoms with E-state index >= 15 is 0 Å². The highest BCUT2D eigenvalue weighted by Gasteiger charge is 2.35. The van der Waals surface area contributed by atoms with Crippen molar-refractivity contribution in [3.63, 3.8) is 0 Å². The van der Waals surface area contributed by atoms with Crippen molar-refractivity contribution < 1.29 is 0 Å². The van der Waals surface area contributed by atoms with Crippen molar-refractivity contribution in [2.45, 2.75) is 50.9 Å². The van der Waals surface area contributed by atoms with Crippen molar-refractivity contribution in [2.75, 3.05) is 0 Å². The third-order valence-electron chi connectivity index (χ3n) is 4.41. The SMILES string of the molecule is CCn1c(CC2(C)CCC(Br)C2)nc2ccccc21. The third-order valence-corrected chi connectivity index (χ3v) is 5.19. The van der Waals surface area contributed by atoms with Crippen molar-refractivity contribution in [2.24, 2.45) is 5.41 Å². The molecule has 1 fully saturated rings. The number of fused-ring (bicyclic) bond motifs is 1. The Morgan fingerprint density at radius 1 is 1.42 bits per heavy atom. The van der Waals surface area contributed by atoms with Crippen LogP contribution in [-0.4, -0.2) is 14.4 Å². The Labute approximate surface area is 123 Å². The van der Waals surface area contributed by atoms with Gasteiger partial charge >= 0.3 is 0 Å². The maximum atomic E-state index is 4.86. The first-order valence-corrected chi connectivity index (χ1v) is 8.11. The first-order chi connectivity index (χ1) is 9.11. The summed E-state index contributed by atoms with van der Waals surface area (Å²) in [5.41, 5.74) is 2.82. The molecule has 0 aliphatic heterocycles. The summed E-state index contributed by atoms with van der Waals surface area (Å²) in [6, 6.07) is 8.48. The number of aromatic nitrogens is 2. The Bertz CT molecular complexity index is 589. The number of hydrogen-bond donors (Lipinski definition) is 0. The maximum Gasteiger partial charge on any atom is 0.110 e. The molecule has 2 aromatic rings. The van der Waals surface area contributed by atoms with Crippen molar-refractivity contribution in [3.8, 4) is 0 Å². The molecule has 0 bridgehead atoms. The van der Waals surface area contributed by atoms with E-state index in [-0.39, 0.29) is 0 Å². The Hall–Kier alpha value is -0.830. The summed E-state index contributed by atoms with van der Waals surface area (Å²) < 4.78 is 2.38. The van der Waals surface area contributed by atoms with Crippen LogP contribution in [-0.2, 0) is 13.0 Å². The van der Waals surface area contributed by atoms with Crippen molar-refractivity contribution in [3.05, 3.63) is 30.1 Å². The zero-order valence-corrected chi connectivity index (χ0v) is 13.3. The van der Waals surface area contributed by atoms with Crippen LogP contribution in [0.4, 0.5) is 0 Å². The highest BCUT2D eigenvalue weighted by Crippen LogP contribution is 2.43. The summed E-state index contributed by atoms with van der Waals surface area (Å²) in [6.45, 7) is 5.62. The highest BCUT2D eigenvalue weighted by atomic mass is 79.9. The molecule has 1 heterocycles. The van der Waals surface area contributed by atoms with Gasteiger partial charge in [0.05, 0.1) is 11.0 Å². The van der Waals surface area contributed by atoms with Gasteiger partial charge in [0.1, 0.15) is 5.82 Å². The molecular formula is C16H21BrN2. The number of para-hydroxylation sites is 2. The second-order valence-electron chi connectivity index (χ2n) is 6.09. The van der Waals surface area contributed by atoms with Crippen molar-refractivity contribution >= 4 is 27.0 Å². The van der Waals surface area contributed by atoms with E-state index in [9.17, 15) is 0 Å². The Morgan fingerprint density at radius 2 is 2.21 bits per heavy atom. The van der Waals surface area contributed by atoms with Crippen LogP contribution in [0.1, 0.15) is 38.9 Å². The summed E-state index contributed by atoms with van der Waals surface area (Å²) in [6.07, 6.45) is 4.95. The number of alkyl halides is 1. The molecule has 0 radical (unpaired) electrons. The number of benzene rings is 1. The predicted molar refractivity (Wildman–Crippen MR) is 83.8 cm³/mol. The Morgan fingerprint density at radius 3 is 2.89 bits per heavy atom.